The van der Waals surface area contributed by atoms with E-state index in [9.17, 15) is 14.9 Å². The van der Waals surface area contributed by atoms with Crippen LogP contribution in [0.25, 0.3) is 0 Å². The molecule has 134 valence electrons. The third-order valence-corrected chi connectivity index (χ3v) is 3.90. The van der Waals surface area contributed by atoms with Crippen LogP contribution in [0.2, 0.25) is 5.02 Å². The van der Waals surface area contributed by atoms with Gasteiger partial charge in [-0.05, 0) is 55.3 Å². The first-order valence-electron chi connectivity index (χ1n) is 7.33. The fraction of sp³-hybridized carbons (Fsp3) is 0.533. The van der Waals surface area contributed by atoms with Crippen LogP contribution < -0.4 is 5.32 Å². The van der Waals surface area contributed by atoms with Crippen molar-refractivity contribution in [2.45, 2.75) is 32.8 Å². The average Bonchev–Trinajstić information content (AvgIpc) is 2.44. The Morgan fingerprint density at radius 2 is 2.08 bits per heavy atom. The van der Waals surface area contributed by atoms with Gasteiger partial charge in [-0.1, -0.05) is 11.6 Å². The van der Waals surface area contributed by atoms with Crippen molar-refractivity contribution < 1.29 is 14.5 Å². The van der Waals surface area contributed by atoms with Crippen molar-refractivity contribution in [2.75, 3.05) is 25.5 Å². The SMILES string of the molecule is CN(CCCNc1c(Br)ccc(Cl)c1[N+](=O)[O-])C(=O)OC(C)(C)C. The minimum Gasteiger partial charge on any atom is -0.444 e. The van der Waals surface area contributed by atoms with Crippen LogP contribution in [0.15, 0.2) is 16.6 Å². The van der Waals surface area contributed by atoms with Gasteiger partial charge in [-0.3, -0.25) is 10.1 Å². The maximum absolute atomic E-state index is 11.8. The van der Waals surface area contributed by atoms with Gasteiger partial charge in [-0.2, -0.15) is 0 Å². The average molecular weight is 423 g/mol. The molecule has 0 aromatic heterocycles. The Morgan fingerprint density at radius 1 is 1.46 bits per heavy atom. The van der Waals surface area contributed by atoms with Crippen LogP contribution in [0.3, 0.4) is 0 Å². The van der Waals surface area contributed by atoms with Crippen molar-refractivity contribution in [3.8, 4) is 0 Å². The van der Waals surface area contributed by atoms with E-state index in [2.05, 4.69) is 21.2 Å². The molecule has 0 unspecified atom stereocenters. The molecular weight excluding hydrogens is 402 g/mol. The number of rotatable bonds is 6. The Morgan fingerprint density at radius 3 is 2.62 bits per heavy atom. The predicted octanol–water partition coefficient (Wildman–Crippen LogP) is 4.68. The normalized spacial score (nSPS) is 11.1. The predicted molar refractivity (Wildman–Crippen MR) is 97.8 cm³/mol. The van der Waals surface area contributed by atoms with Crippen LogP contribution in [0.4, 0.5) is 16.2 Å². The minimum atomic E-state index is -0.546. The maximum atomic E-state index is 11.8. The second-order valence-corrected chi connectivity index (χ2v) is 7.45. The summed E-state index contributed by atoms with van der Waals surface area (Å²) in [6.07, 6.45) is 0.184. The van der Waals surface area contributed by atoms with E-state index in [1.54, 1.807) is 33.9 Å². The summed E-state index contributed by atoms with van der Waals surface area (Å²) in [5.74, 6) is 0. The molecule has 0 atom stereocenters. The molecule has 1 amide bonds. The van der Waals surface area contributed by atoms with E-state index in [1.807, 2.05) is 0 Å². The first kappa shape index (κ1) is 20.5. The van der Waals surface area contributed by atoms with Crippen molar-refractivity contribution in [2.24, 2.45) is 0 Å². The molecule has 0 aliphatic rings. The topological polar surface area (TPSA) is 84.7 Å². The van der Waals surface area contributed by atoms with Crippen molar-refractivity contribution >= 4 is 45.0 Å². The van der Waals surface area contributed by atoms with Gasteiger partial charge in [0.25, 0.3) is 0 Å². The van der Waals surface area contributed by atoms with E-state index in [-0.39, 0.29) is 10.7 Å². The number of hydrogen-bond donors (Lipinski definition) is 1. The molecule has 0 aliphatic carbocycles. The molecule has 1 rings (SSSR count). The molecule has 0 spiro atoms. The molecule has 0 aliphatic heterocycles. The van der Waals surface area contributed by atoms with Crippen molar-refractivity contribution in [3.63, 3.8) is 0 Å². The Kier molecular flexibility index (Phi) is 7.28. The minimum absolute atomic E-state index is 0.0663. The lowest BCUT2D eigenvalue weighted by Crippen LogP contribution is -2.35. The molecule has 1 aromatic carbocycles. The van der Waals surface area contributed by atoms with Gasteiger partial charge in [0.1, 0.15) is 16.3 Å². The van der Waals surface area contributed by atoms with Gasteiger partial charge < -0.3 is 15.0 Å². The monoisotopic (exact) mass is 421 g/mol. The molecule has 1 aromatic rings. The van der Waals surface area contributed by atoms with E-state index < -0.39 is 16.6 Å². The number of nitrogens with one attached hydrogen (secondary N) is 1. The molecule has 1 N–H and O–H groups in total. The van der Waals surface area contributed by atoms with E-state index in [0.29, 0.717) is 29.7 Å². The number of anilines is 1. The van der Waals surface area contributed by atoms with E-state index in [0.717, 1.165) is 0 Å². The zero-order valence-corrected chi connectivity index (χ0v) is 16.4. The third kappa shape index (κ3) is 6.16. The van der Waals surface area contributed by atoms with Gasteiger partial charge in [0.05, 0.1) is 4.92 Å². The molecule has 0 saturated carbocycles. The number of ether oxygens (including phenoxy) is 1. The van der Waals surface area contributed by atoms with E-state index >= 15 is 0 Å². The lowest BCUT2D eigenvalue weighted by Gasteiger charge is -2.24. The highest BCUT2D eigenvalue weighted by atomic mass is 79.9. The highest BCUT2D eigenvalue weighted by Gasteiger charge is 2.22. The smallest absolute Gasteiger partial charge is 0.410 e. The second kappa shape index (κ2) is 8.53. The Balaban J connectivity index is 2.59. The summed E-state index contributed by atoms with van der Waals surface area (Å²) < 4.78 is 5.81. The summed E-state index contributed by atoms with van der Waals surface area (Å²) in [5.41, 5.74) is -0.394. The highest BCUT2D eigenvalue weighted by molar-refractivity contribution is 9.10. The Hall–Kier alpha value is -1.54. The number of hydrogen-bond acceptors (Lipinski definition) is 5. The van der Waals surface area contributed by atoms with Crippen LogP contribution in [0.1, 0.15) is 27.2 Å². The molecule has 0 radical (unpaired) electrons. The zero-order valence-electron chi connectivity index (χ0n) is 14.1. The molecule has 0 heterocycles. The summed E-state index contributed by atoms with van der Waals surface area (Å²) in [7, 11) is 1.64. The summed E-state index contributed by atoms with van der Waals surface area (Å²) in [4.78, 5) is 23.9. The summed E-state index contributed by atoms with van der Waals surface area (Å²) in [6.45, 7) is 6.29. The second-order valence-electron chi connectivity index (χ2n) is 6.19. The number of nitro groups is 1. The molecule has 0 bridgehead atoms. The quantitative estimate of drug-likeness (QED) is 0.409. The molecule has 24 heavy (non-hydrogen) atoms. The van der Waals surface area contributed by atoms with Gasteiger partial charge in [-0.15, -0.1) is 0 Å². The summed E-state index contributed by atoms with van der Waals surface area (Å²) in [6, 6.07) is 3.11. The lowest BCUT2D eigenvalue weighted by molar-refractivity contribution is -0.383. The van der Waals surface area contributed by atoms with Crippen molar-refractivity contribution in [3.05, 3.63) is 31.7 Å². The van der Waals surface area contributed by atoms with Gasteiger partial charge in [-0.25, -0.2) is 4.79 Å². The standard InChI is InChI=1S/C15H21BrClN3O4/c1-15(2,3)24-14(21)19(4)9-5-8-18-12-10(16)6-7-11(17)13(12)20(22)23/h6-7,18H,5,8-9H2,1-4H3. The van der Waals surface area contributed by atoms with Crippen LogP contribution in [-0.4, -0.2) is 41.7 Å². The molecular formula is C15H21BrClN3O4. The molecule has 0 saturated heterocycles. The maximum Gasteiger partial charge on any atom is 0.410 e. The van der Waals surface area contributed by atoms with E-state index in [4.69, 9.17) is 16.3 Å². The van der Waals surface area contributed by atoms with Crippen molar-refractivity contribution in [1.82, 2.24) is 4.90 Å². The Labute approximate surface area is 154 Å². The number of nitro benzene ring substituents is 1. The number of benzene rings is 1. The van der Waals surface area contributed by atoms with Gasteiger partial charge >= 0.3 is 11.8 Å². The van der Waals surface area contributed by atoms with E-state index in [1.165, 1.54) is 11.0 Å². The number of amides is 1. The van der Waals surface area contributed by atoms with Crippen LogP contribution >= 0.6 is 27.5 Å². The van der Waals surface area contributed by atoms with Gasteiger partial charge in [0.15, 0.2) is 0 Å². The molecule has 0 fully saturated rings. The first-order chi connectivity index (χ1) is 11.0. The van der Waals surface area contributed by atoms with Gasteiger partial charge in [0.2, 0.25) is 0 Å². The van der Waals surface area contributed by atoms with Gasteiger partial charge in [0, 0.05) is 24.6 Å². The third-order valence-electron chi connectivity index (χ3n) is 2.94. The largest absolute Gasteiger partial charge is 0.444 e. The van der Waals surface area contributed by atoms with Crippen LogP contribution in [0.5, 0.6) is 0 Å². The Bertz CT molecular complexity index is 619. The highest BCUT2D eigenvalue weighted by Crippen LogP contribution is 2.38. The van der Waals surface area contributed by atoms with Crippen LogP contribution in [0, 0.1) is 10.1 Å². The fourth-order valence-corrected chi connectivity index (χ4v) is 2.54. The lowest BCUT2D eigenvalue weighted by atomic mass is 10.2. The number of nitrogens with zero attached hydrogens (tertiary/aromatic N) is 2. The summed E-state index contributed by atoms with van der Waals surface area (Å²) >= 11 is 9.17. The number of carbonyl (C=O) groups is 1. The van der Waals surface area contributed by atoms with Crippen molar-refractivity contribution in [1.29, 1.82) is 0 Å². The number of halogens is 2. The summed E-state index contributed by atoms with van der Waals surface area (Å²) in [5, 5.41) is 14.2. The first-order valence-corrected chi connectivity index (χ1v) is 8.50. The fourth-order valence-electron chi connectivity index (χ4n) is 1.85. The number of carbonyl (C=O) groups excluding carboxylic acids is 1. The molecule has 9 heteroatoms. The molecule has 7 nitrogen and oxygen atoms in total. The van der Waals surface area contributed by atoms with Crippen LogP contribution in [-0.2, 0) is 4.74 Å². The zero-order chi connectivity index (χ0) is 18.5.